The first-order chi connectivity index (χ1) is 8.31. The molecule has 0 aliphatic carbocycles. The molecule has 0 aromatic heterocycles. The predicted octanol–water partition coefficient (Wildman–Crippen LogP) is 2.79. The summed E-state index contributed by atoms with van der Waals surface area (Å²) in [6, 6.07) is 7.60. The van der Waals surface area contributed by atoms with Crippen LogP contribution in [0.25, 0.3) is 0 Å². The number of halogens is 1. The SMILES string of the molecule is O=C(Nc1ccccc1CCl)C1CCCOC1. The van der Waals surface area contributed by atoms with Crippen molar-refractivity contribution in [3.05, 3.63) is 29.8 Å². The molecule has 17 heavy (non-hydrogen) atoms. The highest BCUT2D eigenvalue weighted by molar-refractivity contribution is 6.17. The van der Waals surface area contributed by atoms with Gasteiger partial charge in [0.2, 0.25) is 5.91 Å². The van der Waals surface area contributed by atoms with Crippen LogP contribution in [0.1, 0.15) is 18.4 Å². The van der Waals surface area contributed by atoms with E-state index >= 15 is 0 Å². The van der Waals surface area contributed by atoms with Crippen LogP contribution < -0.4 is 5.32 Å². The molecule has 0 bridgehead atoms. The lowest BCUT2D eigenvalue weighted by atomic mass is 10.0. The van der Waals surface area contributed by atoms with Crippen molar-refractivity contribution in [2.45, 2.75) is 18.7 Å². The highest BCUT2D eigenvalue weighted by Gasteiger charge is 2.22. The van der Waals surface area contributed by atoms with Gasteiger partial charge < -0.3 is 10.1 Å². The highest BCUT2D eigenvalue weighted by atomic mass is 35.5. The molecule has 1 unspecified atom stereocenters. The van der Waals surface area contributed by atoms with Gasteiger partial charge in [0.25, 0.3) is 0 Å². The third-order valence-corrected chi connectivity index (χ3v) is 3.24. The average molecular weight is 254 g/mol. The molecule has 1 N–H and O–H groups in total. The Morgan fingerprint density at radius 3 is 3.00 bits per heavy atom. The summed E-state index contributed by atoms with van der Waals surface area (Å²) in [5.41, 5.74) is 1.75. The van der Waals surface area contributed by atoms with Crippen LogP contribution in [0.4, 0.5) is 5.69 Å². The number of benzene rings is 1. The molecule has 92 valence electrons. The van der Waals surface area contributed by atoms with E-state index < -0.39 is 0 Å². The number of ether oxygens (including phenoxy) is 1. The minimum absolute atomic E-state index is 0.0299. The number of amides is 1. The van der Waals surface area contributed by atoms with E-state index in [4.69, 9.17) is 16.3 Å². The Hall–Kier alpha value is -1.06. The van der Waals surface area contributed by atoms with Crippen LogP contribution in [0, 0.1) is 5.92 Å². The number of anilines is 1. The van der Waals surface area contributed by atoms with Gasteiger partial charge in [0, 0.05) is 18.2 Å². The minimum Gasteiger partial charge on any atom is -0.381 e. The second-order valence-corrected chi connectivity index (χ2v) is 4.46. The fraction of sp³-hybridized carbons (Fsp3) is 0.462. The summed E-state index contributed by atoms with van der Waals surface area (Å²) in [7, 11) is 0. The Kier molecular flexibility index (Phi) is 4.40. The summed E-state index contributed by atoms with van der Waals surface area (Å²) in [5, 5.41) is 2.93. The Morgan fingerprint density at radius 1 is 1.47 bits per heavy atom. The molecule has 1 aromatic rings. The highest BCUT2D eigenvalue weighted by Crippen LogP contribution is 2.20. The van der Waals surface area contributed by atoms with E-state index in [0.29, 0.717) is 12.5 Å². The van der Waals surface area contributed by atoms with E-state index in [9.17, 15) is 4.79 Å². The number of carbonyl (C=O) groups is 1. The summed E-state index contributed by atoms with van der Waals surface area (Å²) >= 11 is 5.83. The molecule has 1 aliphatic heterocycles. The van der Waals surface area contributed by atoms with E-state index in [1.807, 2.05) is 24.3 Å². The molecule has 1 atom stereocenters. The van der Waals surface area contributed by atoms with E-state index in [1.165, 1.54) is 0 Å². The van der Waals surface area contributed by atoms with Gasteiger partial charge in [-0.05, 0) is 24.5 Å². The molecule has 1 aromatic carbocycles. The van der Waals surface area contributed by atoms with Gasteiger partial charge in [-0.2, -0.15) is 0 Å². The van der Waals surface area contributed by atoms with Crippen LogP contribution in [-0.4, -0.2) is 19.1 Å². The second-order valence-electron chi connectivity index (χ2n) is 4.19. The molecule has 1 fully saturated rings. The van der Waals surface area contributed by atoms with Crippen LogP contribution in [0.5, 0.6) is 0 Å². The standard InChI is InChI=1S/C13H16ClNO2/c14-8-10-4-1-2-6-12(10)15-13(16)11-5-3-7-17-9-11/h1-2,4,6,11H,3,5,7-9H2,(H,15,16). The van der Waals surface area contributed by atoms with Crippen LogP contribution >= 0.6 is 11.6 Å². The van der Waals surface area contributed by atoms with Crippen LogP contribution in [0.2, 0.25) is 0 Å². The largest absolute Gasteiger partial charge is 0.381 e. The van der Waals surface area contributed by atoms with Crippen LogP contribution in [0.15, 0.2) is 24.3 Å². The van der Waals surface area contributed by atoms with Crippen molar-refractivity contribution in [1.29, 1.82) is 0 Å². The maximum atomic E-state index is 12.0. The average Bonchev–Trinajstić information content (AvgIpc) is 2.40. The lowest BCUT2D eigenvalue weighted by Gasteiger charge is -2.21. The Balaban J connectivity index is 2.01. The fourth-order valence-electron chi connectivity index (χ4n) is 1.94. The molecule has 0 spiro atoms. The van der Waals surface area contributed by atoms with Crippen molar-refractivity contribution in [3.8, 4) is 0 Å². The molecule has 1 saturated heterocycles. The maximum Gasteiger partial charge on any atom is 0.229 e. The van der Waals surface area contributed by atoms with Gasteiger partial charge in [0.1, 0.15) is 0 Å². The molecule has 4 heteroatoms. The topological polar surface area (TPSA) is 38.3 Å². The Labute approximate surface area is 106 Å². The fourth-order valence-corrected chi connectivity index (χ4v) is 2.17. The zero-order valence-corrected chi connectivity index (χ0v) is 10.4. The normalized spacial score (nSPS) is 19.9. The number of alkyl halides is 1. The number of para-hydroxylation sites is 1. The van der Waals surface area contributed by atoms with Crippen molar-refractivity contribution in [2.24, 2.45) is 5.92 Å². The van der Waals surface area contributed by atoms with E-state index in [-0.39, 0.29) is 11.8 Å². The smallest absolute Gasteiger partial charge is 0.229 e. The minimum atomic E-state index is -0.0351. The first-order valence-electron chi connectivity index (χ1n) is 5.83. The van der Waals surface area contributed by atoms with Crippen molar-refractivity contribution in [3.63, 3.8) is 0 Å². The predicted molar refractivity (Wildman–Crippen MR) is 68.2 cm³/mol. The van der Waals surface area contributed by atoms with E-state index in [1.54, 1.807) is 0 Å². The number of rotatable bonds is 3. The molecular weight excluding hydrogens is 238 g/mol. The number of hydrogen-bond acceptors (Lipinski definition) is 2. The Morgan fingerprint density at radius 2 is 2.29 bits per heavy atom. The zero-order chi connectivity index (χ0) is 12.1. The summed E-state index contributed by atoms with van der Waals surface area (Å²) in [5.74, 6) is 0.395. The van der Waals surface area contributed by atoms with Gasteiger partial charge in [-0.25, -0.2) is 0 Å². The van der Waals surface area contributed by atoms with Gasteiger partial charge in [-0.3, -0.25) is 4.79 Å². The molecule has 1 amide bonds. The van der Waals surface area contributed by atoms with Crippen LogP contribution in [0.3, 0.4) is 0 Å². The third kappa shape index (κ3) is 3.20. The van der Waals surface area contributed by atoms with Crippen molar-refractivity contribution in [1.82, 2.24) is 0 Å². The summed E-state index contributed by atoms with van der Waals surface area (Å²) in [6.07, 6.45) is 1.85. The molecular formula is C13H16ClNO2. The maximum absolute atomic E-state index is 12.0. The molecule has 0 radical (unpaired) electrons. The molecule has 2 rings (SSSR count). The lowest BCUT2D eigenvalue weighted by Crippen LogP contribution is -2.30. The summed E-state index contributed by atoms with van der Waals surface area (Å²) < 4.78 is 5.31. The van der Waals surface area contributed by atoms with Gasteiger partial charge in [-0.1, -0.05) is 18.2 Å². The zero-order valence-electron chi connectivity index (χ0n) is 9.62. The van der Waals surface area contributed by atoms with Gasteiger partial charge in [0.05, 0.1) is 12.5 Å². The van der Waals surface area contributed by atoms with Gasteiger partial charge in [-0.15, -0.1) is 11.6 Å². The van der Waals surface area contributed by atoms with Crippen LogP contribution in [-0.2, 0) is 15.4 Å². The first-order valence-corrected chi connectivity index (χ1v) is 6.37. The van der Waals surface area contributed by atoms with Crippen molar-refractivity contribution in [2.75, 3.05) is 18.5 Å². The second kappa shape index (κ2) is 6.03. The lowest BCUT2D eigenvalue weighted by molar-refractivity contribution is -0.123. The monoisotopic (exact) mass is 253 g/mol. The number of nitrogens with one attached hydrogen (secondary N) is 1. The van der Waals surface area contributed by atoms with Crippen molar-refractivity contribution < 1.29 is 9.53 Å². The van der Waals surface area contributed by atoms with Gasteiger partial charge >= 0.3 is 0 Å². The quantitative estimate of drug-likeness (QED) is 0.842. The molecule has 3 nitrogen and oxygen atoms in total. The van der Waals surface area contributed by atoms with Gasteiger partial charge in [0.15, 0.2) is 0 Å². The first kappa shape index (κ1) is 12.4. The molecule has 1 aliphatic rings. The molecule has 1 heterocycles. The number of carbonyl (C=O) groups excluding carboxylic acids is 1. The van der Waals surface area contributed by atoms with Crippen molar-refractivity contribution >= 4 is 23.2 Å². The number of hydrogen-bond donors (Lipinski definition) is 1. The molecule has 0 saturated carbocycles. The van der Waals surface area contributed by atoms with E-state index in [2.05, 4.69) is 5.32 Å². The van der Waals surface area contributed by atoms with E-state index in [0.717, 1.165) is 30.7 Å². The summed E-state index contributed by atoms with van der Waals surface area (Å²) in [6.45, 7) is 1.29. The Bertz CT molecular complexity index is 389. The summed E-state index contributed by atoms with van der Waals surface area (Å²) in [4.78, 5) is 12.0. The third-order valence-electron chi connectivity index (χ3n) is 2.95.